The second-order valence-electron chi connectivity index (χ2n) is 4.69. The van der Waals surface area contributed by atoms with E-state index in [1.165, 1.54) is 11.8 Å². The molecule has 0 atom stereocenters. The van der Waals surface area contributed by atoms with Crippen LogP contribution in [0.3, 0.4) is 0 Å². The molecule has 2 heterocycles. The Morgan fingerprint density at radius 3 is 2.82 bits per heavy atom. The maximum Gasteiger partial charge on any atom is 0.266 e. The molecule has 1 amide bonds. The maximum atomic E-state index is 12.5. The Morgan fingerprint density at radius 2 is 2.09 bits per heavy atom. The second-order valence-corrected chi connectivity index (χ2v) is 6.36. The predicted molar refractivity (Wildman–Crippen MR) is 91.1 cm³/mol. The number of thiocarbonyl (C=S) groups is 1. The lowest BCUT2D eigenvalue weighted by molar-refractivity contribution is -0.122. The van der Waals surface area contributed by atoms with Crippen LogP contribution in [0.2, 0.25) is 0 Å². The number of rotatable bonds is 3. The minimum atomic E-state index is -0.151. The summed E-state index contributed by atoms with van der Waals surface area (Å²) in [7, 11) is 0. The molecule has 0 spiro atoms. The molecule has 1 aromatic carbocycles. The first-order valence-corrected chi connectivity index (χ1v) is 7.80. The zero-order valence-electron chi connectivity index (χ0n) is 11.5. The average molecular weight is 328 g/mol. The van der Waals surface area contributed by atoms with E-state index in [4.69, 9.17) is 12.2 Å². The zero-order valence-corrected chi connectivity index (χ0v) is 13.1. The summed E-state index contributed by atoms with van der Waals surface area (Å²) in [4.78, 5) is 18.6. The van der Waals surface area contributed by atoms with Crippen LogP contribution in [0, 0.1) is 0 Å². The highest BCUT2D eigenvalue weighted by Crippen LogP contribution is 2.34. The summed E-state index contributed by atoms with van der Waals surface area (Å²) in [6, 6.07) is 10.6. The number of carbonyl (C=O) groups excluding carboxylic acids is 1. The van der Waals surface area contributed by atoms with Crippen molar-refractivity contribution in [2.45, 2.75) is 6.54 Å². The van der Waals surface area contributed by atoms with Crippen molar-refractivity contribution in [2.75, 3.05) is 0 Å². The van der Waals surface area contributed by atoms with Gasteiger partial charge in [-0.3, -0.25) is 14.7 Å². The molecule has 0 bridgehead atoms. The third-order valence-electron chi connectivity index (χ3n) is 3.16. The molecule has 0 aliphatic carbocycles. The number of amides is 1. The number of nitrogens with zero attached hydrogens (tertiary/aromatic N) is 2. The third-order valence-corrected chi connectivity index (χ3v) is 4.54. The van der Waals surface area contributed by atoms with Gasteiger partial charge in [-0.25, -0.2) is 0 Å². The molecule has 6 heteroatoms. The van der Waals surface area contributed by atoms with Gasteiger partial charge in [0.05, 0.1) is 11.4 Å². The topological polar surface area (TPSA) is 53.4 Å². The van der Waals surface area contributed by atoms with Gasteiger partial charge in [-0.2, -0.15) is 0 Å². The predicted octanol–water partition coefficient (Wildman–Crippen LogP) is 3.19. The molecule has 1 N–H and O–H groups in total. The van der Waals surface area contributed by atoms with Crippen molar-refractivity contribution in [2.24, 2.45) is 0 Å². The minimum Gasteiger partial charge on any atom is -0.507 e. The van der Waals surface area contributed by atoms with Crippen molar-refractivity contribution < 1.29 is 9.90 Å². The van der Waals surface area contributed by atoms with Crippen LogP contribution < -0.4 is 0 Å². The summed E-state index contributed by atoms with van der Waals surface area (Å²) in [5, 5.41) is 9.80. The van der Waals surface area contributed by atoms with E-state index in [1.807, 2.05) is 18.2 Å². The Balaban J connectivity index is 1.84. The number of para-hydroxylation sites is 1. The lowest BCUT2D eigenvalue weighted by Gasteiger charge is -2.13. The number of carbonyl (C=O) groups is 1. The number of thioether (sulfide) groups is 1. The molecule has 1 aromatic heterocycles. The highest BCUT2D eigenvalue weighted by molar-refractivity contribution is 8.26. The third kappa shape index (κ3) is 3.03. The minimum absolute atomic E-state index is 0.139. The Kier molecular flexibility index (Phi) is 4.22. The molecular formula is C16H12N2O2S2. The molecule has 4 nitrogen and oxygen atoms in total. The number of benzene rings is 1. The summed E-state index contributed by atoms with van der Waals surface area (Å²) in [5.41, 5.74) is 1.52. The van der Waals surface area contributed by atoms with Crippen molar-refractivity contribution in [3.05, 3.63) is 64.8 Å². The fourth-order valence-corrected chi connectivity index (χ4v) is 3.31. The first-order chi connectivity index (χ1) is 10.6. The first-order valence-electron chi connectivity index (χ1n) is 6.57. The summed E-state index contributed by atoms with van der Waals surface area (Å²) < 4.78 is 0.510. The van der Waals surface area contributed by atoms with Crippen LogP contribution in [0.15, 0.2) is 53.7 Å². The molecule has 0 unspecified atom stereocenters. The summed E-state index contributed by atoms with van der Waals surface area (Å²) in [6.45, 7) is 0.399. The van der Waals surface area contributed by atoms with Crippen LogP contribution in [0.5, 0.6) is 5.75 Å². The molecule has 2 aromatic rings. The van der Waals surface area contributed by atoms with Gasteiger partial charge in [0.15, 0.2) is 0 Å². The van der Waals surface area contributed by atoms with Crippen LogP contribution in [-0.4, -0.2) is 25.2 Å². The Labute approximate surface area is 137 Å². The molecule has 110 valence electrons. The molecule has 1 aliphatic rings. The van der Waals surface area contributed by atoms with Crippen molar-refractivity contribution in [1.82, 2.24) is 9.88 Å². The number of aromatic hydroxyl groups is 1. The van der Waals surface area contributed by atoms with Crippen molar-refractivity contribution >= 4 is 40.3 Å². The van der Waals surface area contributed by atoms with Gasteiger partial charge >= 0.3 is 0 Å². The highest BCUT2D eigenvalue weighted by atomic mass is 32.2. The van der Waals surface area contributed by atoms with E-state index in [0.29, 0.717) is 21.3 Å². The number of phenolic OH excluding ortho intramolecular Hbond substituents is 1. The fourth-order valence-electron chi connectivity index (χ4n) is 2.06. The van der Waals surface area contributed by atoms with E-state index >= 15 is 0 Å². The van der Waals surface area contributed by atoms with E-state index in [9.17, 15) is 9.90 Å². The van der Waals surface area contributed by atoms with Gasteiger partial charge in [0, 0.05) is 18.0 Å². The van der Waals surface area contributed by atoms with Gasteiger partial charge in [0.1, 0.15) is 10.1 Å². The van der Waals surface area contributed by atoms with Gasteiger partial charge in [0.2, 0.25) is 0 Å². The quantitative estimate of drug-likeness (QED) is 0.693. The Morgan fingerprint density at radius 1 is 1.27 bits per heavy atom. The van der Waals surface area contributed by atoms with E-state index in [-0.39, 0.29) is 11.7 Å². The van der Waals surface area contributed by atoms with E-state index in [2.05, 4.69) is 4.98 Å². The normalized spacial score (nSPS) is 16.5. The van der Waals surface area contributed by atoms with Gasteiger partial charge in [-0.15, -0.1) is 0 Å². The smallest absolute Gasteiger partial charge is 0.266 e. The van der Waals surface area contributed by atoms with Gasteiger partial charge in [-0.1, -0.05) is 48.2 Å². The van der Waals surface area contributed by atoms with Crippen molar-refractivity contribution in [3.63, 3.8) is 0 Å². The number of hydrogen-bond donors (Lipinski definition) is 1. The van der Waals surface area contributed by atoms with E-state index in [1.54, 1.807) is 41.6 Å². The molecule has 1 saturated heterocycles. The molecule has 3 rings (SSSR count). The Hall–Kier alpha value is -2.18. The molecule has 22 heavy (non-hydrogen) atoms. The second kappa shape index (κ2) is 6.29. The molecule has 1 fully saturated rings. The van der Waals surface area contributed by atoms with Gasteiger partial charge < -0.3 is 5.11 Å². The average Bonchev–Trinajstić information content (AvgIpc) is 2.78. The van der Waals surface area contributed by atoms with Gasteiger partial charge in [0.25, 0.3) is 5.91 Å². The van der Waals surface area contributed by atoms with Crippen LogP contribution in [-0.2, 0) is 11.3 Å². The van der Waals surface area contributed by atoms with E-state index in [0.717, 1.165) is 5.56 Å². The summed E-state index contributed by atoms with van der Waals surface area (Å²) in [5.74, 6) is -0.0119. The number of hydrogen-bond acceptors (Lipinski definition) is 5. The summed E-state index contributed by atoms with van der Waals surface area (Å²) >= 11 is 6.53. The highest BCUT2D eigenvalue weighted by Gasteiger charge is 2.32. The number of pyridine rings is 1. The summed E-state index contributed by atoms with van der Waals surface area (Å²) in [6.07, 6.45) is 5.06. The fraction of sp³-hybridized carbons (Fsp3) is 0.0625. The Bertz CT molecular complexity index is 760. The lowest BCUT2D eigenvalue weighted by Crippen LogP contribution is -2.27. The van der Waals surface area contributed by atoms with Crippen LogP contribution in [0.4, 0.5) is 0 Å². The number of phenols is 1. The van der Waals surface area contributed by atoms with Crippen molar-refractivity contribution in [3.8, 4) is 5.75 Å². The molecular weight excluding hydrogens is 316 g/mol. The van der Waals surface area contributed by atoms with Crippen LogP contribution >= 0.6 is 24.0 Å². The first kappa shape index (κ1) is 14.7. The maximum absolute atomic E-state index is 12.5. The van der Waals surface area contributed by atoms with Crippen molar-refractivity contribution in [1.29, 1.82) is 0 Å². The lowest BCUT2D eigenvalue weighted by atomic mass is 10.2. The molecule has 0 saturated carbocycles. The van der Waals surface area contributed by atoms with E-state index < -0.39 is 0 Å². The van der Waals surface area contributed by atoms with Gasteiger partial charge in [-0.05, 0) is 23.8 Å². The molecule has 0 radical (unpaired) electrons. The zero-order chi connectivity index (χ0) is 15.5. The standard InChI is InChI=1S/C16H12N2O2S2/c19-13-6-2-1-5-12(13)8-14-15(20)18(16(21)22-14)10-11-4-3-7-17-9-11/h1-9,19H,10H2/b14-8+. The largest absolute Gasteiger partial charge is 0.507 e. The monoisotopic (exact) mass is 328 g/mol. The van der Waals surface area contributed by atoms with Crippen LogP contribution in [0.25, 0.3) is 6.08 Å². The molecule has 1 aliphatic heterocycles. The number of aromatic nitrogens is 1. The van der Waals surface area contributed by atoms with Crippen LogP contribution in [0.1, 0.15) is 11.1 Å². The SMILES string of the molecule is O=C1/C(=C\c2ccccc2O)SC(=S)N1Cc1cccnc1.